The summed E-state index contributed by atoms with van der Waals surface area (Å²) < 4.78 is 42.8. The van der Waals surface area contributed by atoms with Crippen molar-refractivity contribution in [3.63, 3.8) is 0 Å². The molecule has 0 saturated carbocycles. The number of halogens is 1. The lowest BCUT2D eigenvalue weighted by Gasteiger charge is -2.32. The monoisotopic (exact) mass is 319 g/mol. The van der Waals surface area contributed by atoms with Gasteiger partial charge in [0.05, 0.1) is 12.7 Å². The fourth-order valence-electron chi connectivity index (χ4n) is 2.27. The van der Waals surface area contributed by atoms with Gasteiger partial charge in [-0.1, -0.05) is 16.0 Å². The molecule has 21 heavy (non-hydrogen) atoms. The molecule has 0 aliphatic carbocycles. The van der Waals surface area contributed by atoms with Crippen molar-refractivity contribution in [1.82, 2.24) is 4.90 Å². The molecule has 8 heteroatoms. The van der Waals surface area contributed by atoms with E-state index in [1.807, 2.05) is 0 Å². The highest BCUT2D eigenvalue weighted by atomic mass is 32.3. The van der Waals surface area contributed by atoms with Gasteiger partial charge in [-0.3, -0.25) is 4.90 Å². The minimum atomic E-state index is -4.98. The van der Waals surface area contributed by atoms with E-state index in [-0.39, 0.29) is 18.5 Å². The molecular formula is C13H18FNO5S. The van der Waals surface area contributed by atoms with Crippen molar-refractivity contribution >= 4 is 10.5 Å². The van der Waals surface area contributed by atoms with Crippen molar-refractivity contribution in [1.29, 1.82) is 0 Å². The molecule has 0 bridgehead atoms. The molecule has 118 valence electrons. The van der Waals surface area contributed by atoms with Crippen LogP contribution in [0, 0.1) is 0 Å². The summed E-state index contributed by atoms with van der Waals surface area (Å²) in [4.78, 5) is 2.19. The predicted molar refractivity (Wildman–Crippen MR) is 73.8 cm³/mol. The minimum absolute atomic E-state index is 0.0306. The number of benzene rings is 1. The van der Waals surface area contributed by atoms with Gasteiger partial charge in [0.15, 0.2) is 0 Å². The molecule has 1 heterocycles. The van der Waals surface area contributed by atoms with E-state index in [4.69, 9.17) is 9.84 Å². The number of aliphatic hydroxyl groups is 1. The van der Waals surface area contributed by atoms with Crippen LogP contribution in [0.4, 0.5) is 3.89 Å². The van der Waals surface area contributed by atoms with Crippen LogP contribution in [0.1, 0.15) is 12.0 Å². The molecule has 0 aromatic heterocycles. The molecule has 1 saturated heterocycles. The number of aliphatic hydroxyl groups excluding tert-OH is 1. The summed E-state index contributed by atoms with van der Waals surface area (Å²) in [5, 5.41) is 8.93. The van der Waals surface area contributed by atoms with Gasteiger partial charge in [-0.05, 0) is 24.1 Å². The van der Waals surface area contributed by atoms with Gasteiger partial charge in [0.1, 0.15) is 5.75 Å². The van der Waals surface area contributed by atoms with Crippen molar-refractivity contribution < 1.29 is 26.3 Å². The molecule has 1 N–H and O–H groups in total. The highest BCUT2D eigenvalue weighted by molar-refractivity contribution is 7.81. The van der Waals surface area contributed by atoms with Crippen molar-refractivity contribution in [2.45, 2.75) is 19.1 Å². The van der Waals surface area contributed by atoms with E-state index < -0.39 is 10.5 Å². The second kappa shape index (κ2) is 7.17. The molecule has 0 radical (unpaired) electrons. The third kappa shape index (κ3) is 5.58. The normalized spacial score (nSPS) is 20.4. The second-order valence-corrected chi connectivity index (χ2v) is 5.81. The van der Waals surface area contributed by atoms with Gasteiger partial charge in [-0.25, -0.2) is 0 Å². The van der Waals surface area contributed by atoms with Gasteiger partial charge in [-0.2, -0.15) is 8.42 Å². The highest BCUT2D eigenvalue weighted by Crippen LogP contribution is 2.17. The zero-order valence-electron chi connectivity index (χ0n) is 11.4. The quantitative estimate of drug-likeness (QED) is 0.784. The Balaban J connectivity index is 1.91. The van der Waals surface area contributed by atoms with E-state index in [0.29, 0.717) is 19.6 Å². The van der Waals surface area contributed by atoms with E-state index >= 15 is 0 Å². The Morgan fingerprint density at radius 1 is 1.38 bits per heavy atom. The van der Waals surface area contributed by atoms with E-state index in [1.165, 1.54) is 12.1 Å². The van der Waals surface area contributed by atoms with E-state index in [0.717, 1.165) is 18.7 Å². The van der Waals surface area contributed by atoms with Crippen molar-refractivity contribution in [2.24, 2.45) is 0 Å². The maximum absolute atomic E-state index is 12.4. The summed E-state index contributed by atoms with van der Waals surface area (Å²) in [6.07, 6.45) is 0.639. The molecule has 1 aromatic rings. The Bertz CT molecular complexity index is 546. The topological polar surface area (TPSA) is 76.1 Å². The first-order valence-corrected chi connectivity index (χ1v) is 7.95. The Labute approximate surface area is 123 Å². The van der Waals surface area contributed by atoms with Crippen LogP contribution in [-0.4, -0.2) is 50.8 Å². The highest BCUT2D eigenvalue weighted by Gasteiger charge is 2.20. The van der Waals surface area contributed by atoms with Crippen LogP contribution < -0.4 is 4.18 Å². The molecule has 1 aliphatic rings. The maximum Gasteiger partial charge on any atom is 0.488 e. The van der Waals surface area contributed by atoms with Crippen LogP contribution in [0.3, 0.4) is 0 Å². The van der Waals surface area contributed by atoms with Gasteiger partial charge in [0, 0.05) is 26.2 Å². The van der Waals surface area contributed by atoms with E-state index in [1.54, 1.807) is 12.1 Å². The molecular weight excluding hydrogens is 301 g/mol. The molecule has 0 amide bonds. The summed E-state index contributed by atoms with van der Waals surface area (Å²) in [7, 11) is -4.98. The summed E-state index contributed by atoms with van der Waals surface area (Å²) in [5.41, 5.74) is 0.961. The molecule has 1 unspecified atom stereocenters. The zero-order chi connectivity index (χ0) is 15.3. The van der Waals surface area contributed by atoms with Crippen LogP contribution in [0.2, 0.25) is 0 Å². The SMILES string of the molecule is O=S(=O)(F)Oc1ccc(CN2CCOC(CCO)C2)cc1. The lowest BCUT2D eigenvalue weighted by molar-refractivity contribution is -0.0407. The first-order chi connectivity index (χ1) is 9.96. The summed E-state index contributed by atoms with van der Waals surface area (Å²) in [5.74, 6) is -0.0543. The van der Waals surface area contributed by atoms with Crippen molar-refractivity contribution in [3.8, 4) is 5.75 Å². The third-order valence-electron chi connectivity index (χ3n) is 3.20. The van der Waals surface area contributed by atoms with Gasteiger partial charge < -0.3 is 14.0 Å². The average Bonchev–Trinajstić information content (AvgIpc) is 2.40. The molecule has 1 aliphatic heterocycles. The standard InChI is InChI=1S/C13H18FNO5S/c14-21(17,18)20-12-3-1-11(2-4-12)9-15-6-8-19-13(10-15)5-7-16/h1-4,13,16H,5-10H2. The number of morpholine rings is 1. The Kier molecular flexibility index (Phi) is 5.51. The summed E-state index contributed by atoms with van der Waals surface area (Å²) >= 11 is 0. The third-order valence-corrected chi connectivity index (χ3v) is 3.59. The van der Waals surface area contributed by atoms with Crippen LogP contribution >= 0.6 is 0 Å². The lowest BCUT2D eigenvalue weighted by Crippen LogP contribution is -2.42. The molecule has 1 atom stereocenters. The molecule has 6 nitrogen and oxygen atoms in total. The largest absolute Gasteiger partial charge is 0.488 e. The lowest BCUT2D eigenvalue weighted by atomic mass is 10.1. The predicted octanol–water partition coefficient (Wildman–Crippen LogP) is 0.863. The maximum atomic E-state index is 12.4. The van der Waals surface area contributed by atoms with Crippen molar-refractivity contribution in [2.75, 3.05) is 26.3 Å². The minimum Gasteiger partial charge on any atom is -0.396 e. The van der Waals surface area contributed by atoms with Gasteiger partial charge in [-0.15, -0.1) is 0 Å². The smallest absolute Gasteiger partial charge is 0.396 e. The zero-order valence-corrected chi connectivity index (χ0v) is 12.3. The van der Waals surface area contributed by atoms with Gasteiger partial charge in [0.2, 0.25) is 0 Å². The van der Waals surface area contributed by atoms with Crippen LogP contribution in [-0.2, 0) is 21.8 Å². The number of nitrogens with zero attached hydrogens (tertiary/aromatic N) is 1. The van der Waals surface area contributed by atoms with Crippen molar-refractivity contribution in [3.05, 3.63) is 29.8 Å². The second-order valence-electron chi connectivity index (χ2n) is 4.86. The van der Waals surface area contributed by atoms with Crippen LogP contribution in [0.5, 0.6) is 5.75 Å². The molecule has 0 spiro atoms. The average molecular weight is 319 g/mol. The number of ether oxygens (including phenoxy) is 1. The van der Waals surface area contributed by atoms with E-state index in [2.05, 4.69) is 9.08 Å². The number of hydrogen-bond acceptors (Lipinski definition) is 6. The summed E-state index contributed by atoms with van der Waals surface area (Å²) in [6, 6.07) is 6.21. The Morgan fingerprint density at radius 2 is 2.10 bits per heavy atom. The molecule has 1 aromatic carbocycles. The fraction of sp³-hybridized carbons (Fsp3) is 0.538. The van der Waals surface area contributed by atoms with E-state index in [9.17, 15) is 12.3 Å². The first kappa shape index (κ1) is 16.2. The van der Waals surface area contributed by atoms with Crippen LogP contribution in [0.25, 0.3) is 0 Å². The Morgan fingerprint density at radius 3 is 2.71 bits per heavy atom. The van der Waals surface area contributed by atoms with Gasteiger partial charge in [0.25, 0.3) is 0 Å². The molecule has 1 fully saturated rings. The summed E-state index contributed by atoms with van der Waals surface area (Å²) in [6.45, 7) is 2.92. The number of hydrogen-bond donors (Lipinski definition) is 1. The van der Waals surface area contributed by atoms with Crippen LogP contribution in [0.15, 0.2) is 24.3 Å². The van der Waals surface area contributed by atoms with Gasteiger partial charge >= 0.3 is 10.5 Å². The Hall–Kier alpha value is -1.22. The molecule has 2 rings (SSSR count). The first-order valence-electron chi connectivity index (χ1n) is 6.64. The fourth-order valence-corrected chi connectivity index (χ4v) is 2.61. The number of rotatable bonds is 6.